The summed E-state index contributed by atoms with van der Waals surface area (Å²) in [5, 5.41) is 3.16. The number of rotatable bonds is 3. The van der Waals surface area contributed by atoms with Crippen molar-refractivity contribution in [3.63, 3.8) is 0 Å². The van der Waals surface area contributed by atoms with Gasteiger partial charge in [0.1, 0.15) is 0 Å². The first-order valence-corrected chi connectivity index (χ1v) is 6.95. The molecular formula is C9H18N2O2S. The van der Waals surface area contributed by atoms with E-state index in [1.54, 1.807) is 0 Å². The van der Waals surface area contributed by atoms with Gasteiger partial charge in [-0.2, -0.15) is 0 Å². The smallest absolute Gasteiger partial charge is 0.214 e. The predicted molar refractivity (Wildman–Crippen MR) is 55.6 cm³/mol. The first-order valence-electron chi connectivity index (χ1n) is 5.40. The molecule has 1 aliphatic heterocycles. The number of nitrogens with one attached hydrogen (secondary N) is 2. The quantitative estimate of drug-likeness (QED) is 0.712. The standard InChI is InChI=1S/C9H18N2O2S/c12-14(13,9-4-5-9)11-8-3-1-2-6-10-7-8/h8-11H,1-7H2. The fourth-order valence-corrected chi connectivity index (χ4v) is 3.44. The van der Waals surface area contributed by atoms with Gasteiger partial charge in [-0.05, 0) is 32.2 Å². The van der Waals surface area contributed by atoms with Crippen LogP contribution in [0.1, 0.15) is 32.1 Å². The van der Waals surface area contributed by atoms with Crippen LogP contribution in [-0.4, -0.2) is 32.8 Å². The lowest BCUT2D eigenvalue weighted by Crippen LogP contribution is -2.42. The molecule has 0 bridgehead atoms. The maximum absolute atomic E-state index is 11.6. The van der Waals surface area contributed by atoms with Crippen LogP contribution in [-0.2, 0) is 10.0 Å². The second kappa shape index (κ2) is 4.16. The van der Waals surface area contributed by atoms with Gasteiger partial charge in [-0.1, -0.05) is 6.42 Å². The van der Waals surface area contributed by atoms with Crippen molar-refractivity contribution in [2.24, 2.45) is 0 Å². The van der Waals surface area contributed by atoms with Crippen molar-refractivity contribution in [3.05, 3.63) is 0 Å². The maximum Gasteiger partial charge on any atom is 0.214 e. The van der Waals surface area contributed by atoms with Gasteiger partial charge in [-0.3, -0.25) is 0 Å². The molecule has 1 saturated heterocycles. The molecule has 14 heavy (non-hydrogen) atoms. The van der Waals surface area contributed by atoms with Crippen LogP contribution in [0.25, 0.3) is 0 Å². The van der Waals surface area contributed by atoms with E-state index in [1.807, 2.05) is 0 Å². The van der Waals surface area contributed by atoms with Crippen LogP contribution in [0.4, 0.5) is 0 Å². The van der Waals surface area contributed by atoms with Crippen LogP contribution in [0.2, 0.25) is 0 Å². The highest BCUT2D eigenvalue weighted by Crippen LogP contribution is 2.27. The van der Waals surface area contributed by atoms with Crippen LogP contribution in [0.5, 0.6) is 0 Å². The van der Waals surface area contributed by atoms with Crippen molar-refractivity contribution >= 4 is 10.0 Å². The molecule has 82 valence electrons. The van der Waals surface area contributed by atoms with Crippen molar-refractivity contribution in [1.82, 2.24) is 10.0 Å². The summed E-state index contributed by atoms with van der Waals surface area (Å²) in [6.45, 7) is 1.80. The number of sulfonamides is 1. The van der Waals surface area contributed by atoms with Crippen molar-refractivity contribution in [2.75, 3.05) is 13.1 Å². The van der Waals surface area contributed by atoms with Crippen LogP contribution in [0.15, 0.2) is 0 Å². The van der Waals surface area contributed by atoms with E-state index in [1.165, 1.54) is 0 Å². The fourth-order valence-electron chi connectivity index (χ4n) is 1.83. The monoisotopic (exact) mass is 218 g/mol. The largest absolute Gasteiger partial charge is 0.315 e. The van der Waals surface area contributed by atoms with Gasteiger partial charge in [0.15, 0.2) is 0 Å². The lowest BCUT2D eigenvalue weighted by atomic mass is 10.2. The maximum atomic E-state index is 11.6. The molecule has 1 atom stereocenters. The van der Waals surface area contributed by atoms with Crippen LogP contribution in [0, 0.1) is 0 Å². The lowest BCUT2D eigenvalue weighted by Gasteiger charge is -2.15. The van der Waals surface area contributed by atoms with E-state index < -0.39 is 10.0 Å². The molecule has 0 amide bonds. The summed E-state index contributed by atoms with van der Waals surface area (Å²) in [4.78, 5) is 0. The average molecular weight is 218 g/mol. The Balaban J connectivity index is 1.88. The molecule has 5 heteroatoms. The summed E-state index contributed by atoms with van der Waals surface area (Å²) in [7, 11) is -2.99. The zero-order valence-corrected chi connectivity index (χ0v) is 9.15. The molecule has 0 aromatic rings. The van der Waals surface area contributed by atoms with Crippen molar-refractivity contribution in [2.45, 2.75) is 43.4 Å². The Morgan fingerprint density at radius 3 is 2.64 bits per heavy atom. The summed E-state index contributed by atoms with van der Waals surface area (Å²) in [5.74, 6) is 0. The Labute approximate surface area is 85.5 Å². The van der Waals surface area contributed by atoms with Crippen molar-refractivity contribution in [1.29, 1.82) is 0 Å². The fraction of sp³-hybridized carbons (Fsp3) is 1.00. The third kappa shape index (κ3) is 2.68. The lowest BCUT2D eigenvalue weighted by molar-refractivity contribution is 0.520. The van der Waals surface area contributed by atoms with Gasteiger partial charge in [-0.15, -0.1) is 0 Å². The van der Waals surface area contributed by atoms with E-state index in [4.69, 9.17) is 0 Å². The molecule has 0 aromatic heterocycles. The Kier molecular flexibility index (Phi) is 3.09. The minimum absolute atomic E-state index is 0.0919. The van der Waals surface area contributed by atoms with Gasteiger partial charge in [0.05, 0.1) is 5.25 Å². The van der Waals surface area contributed by atoms with E-state index in [-0.39, 0.29) is 11.3 Å². The molecule has 1 heterocycles. The SMILES string of the molecule is O=S(=O)(NC1CCCCNC1)C1CC1. The van der Waals surface area contributed by atoms with Crippen molar-refractivity contribution in [3.8, 4) is 0 Å². The van der Waals surface area contributed by atoms with E-state index in [0.29, 0.717) is 0 Å². The highest BCUT2D eigenvalue weighted by atomic mass is 32.2. The van der Waals surface area contributed by atoms with Gasteiger partial charge in [0.25, 0.3) is 0 Å². The zero-order chi connectivity index (χ0) is 10.0. The summed E-state index contributed by atoms with van der Waals surface area (Å²) in [6.07, 6.45) is 4.93. The summed E-state index contributed by atoms with van der Waals surface area (Å²) >= 11 is 0. The van der Waals surface area contributed by atoms with Gasteiger partial charge < -0.3 is 5.32 Å². The Morgan fingerprint density at radius 1 is 1.14 bits per heavy atom. The first-order chi connectivity index (χ1) is 6.68. The van der Waals surface area contributed by atoms with E-state index in [9.17, 15) is 8.42 Å². The minimum atomic E-state index is -2.99. The van der Waals surface area contributed by atoms with Gasteiger partial charge >= 0.3 is 0 Å². The Hall–Kier alpha value is -0.130. The van der Waals surface area contributed by atoms with Crippen LogP contribution >= 0.6 is 0 Å². The van der Waals surface area contributed by atoms with E-state index in [2.05, 4.69) is 10.0 Å². The molecular weight excluding hydrogens is 200 g/mol. The third-order valence-electron chi connectivity index (χ3n) is 2.84. The minimum Gasteiger partial charge on any atom is -0.315 e. The van der Waals surface area contributed by atoms with Crippen LogP contribution in [0.3, 0.4) is 0 Å². The van der Waals surface area contributed by atoms with Crippen LogP contribution < -0.4 is 10.0 Å². The molecule has 0 aromatic carbocycles. The highest BCUT2D eigenvalue weighted by molar-refractivity contribution is 7.90. The summed E-state index contributed by atoms with van der Waals surface area (Å²) < 4.78 is 26.1. The molecule has 1 aliphatic carbocycles. The molecule has 4 nitrogen and oxygen atoms in total. The third-order valence-corrected chi connectivity index (χ3v) is 4.85. The Morgan fingerprint density at radius 2 is 1.93 bits per heavy atom. The molecule has 2 fully saturated rings. The molecule has 2 rings (SSSR count). The Bertz CT molecular complexity index is 277. The predicted octanol–water partition coefficient (Wildman–Crippen LogP) is 0.210. The van der Waals surface area contributed by atoms with Crippen molar-refractivity contribution < 1.29 is 8.42 Å². The normalized spacial score (nSPS) is 29.9. The molecule has 2 aliphatic rings. The van der Waals surface area contributed by atoms with Gasteiger partial charge in [0, 0.05) is 12.6 Å². The first kappa shape index (κ1) is 10.4. The highest BCUT2D eigenvalue weighted by Gasteiger charge is 2.36. The zero-order valence-electron chi connectivity index (χ0n) is 8.33. The number of hydrogen-bond acceptors (Lipinski definition) is 3. The number of hydrogen-bond donors (Lipinski definition) is 2. The van der Waals surface area contributed by atoms with Gasteiger partial charge in [-0.25, -0.2) is 13.1 Å². The topological polar surface area (TPSA) is 58.2 Å². The van der Waals surface area contributed by atoms with Gasteiger partial charge in [0.2, 0.25) is 10.0 Å². The van der Waals surface area contributed by atoms with E-state index >= 15 is 0 Å². The molecule has 1 unspecified atom stereocenters. The van der Waals surface area contributed by atoms with E-state index in [0.717, 1.165) is 45.2 Å². The second-order valence-corrected chi connectivity index (χ2v) is 6.25. The molecule has 0 radical (unpaired) electrons. The second-order valence-electron chi connectivity index (χ2n) is 4.26. The molecule has 2 N–H and O–H groups in total. The summed E-state index contributed by atoms with van der Waals surface area (Å²) in [6, 6.07) is 0.114. The molecule has 0 spiro atoms. The average Bonchev–Trinajstić information content (AvgIpc) is 2.90. The summed E-state index contributed by atoms with van der Waals surface area (Å²) in [5.41, 5.74) is 0. The molecule has 1 saturated carbocycles.